The molecule has 0 unspecified atom stereocenters. The molecule has 0 aliphatic carbocycles. The smallest absolute Gasteiger partial charge is 0.271 e. The van der Waals surface area contributed by atoms with E-state index in [9.17, 15) is 10.1 Å². The second-order valence-electron chi connectivity index (χ2n) is 6.54. The molecule has 3 aromatic carbocycles. The van der Waals surface area contributed by atoms with Crippen molar-refractivity contribution in [1.29, 1.82) is 5.26 Å². The van der Waals surface area contributed by atoms with Gasteiger partial charge in [-0.3, -0.25) is 4.79 Å². The van der Waals surface area contributed by atoms with Gasteiger partial charge in [0.2, 0.25) is 0 Å². The molecule has 0 aliphatic heterocycles. The van der Waals surface area contributed by atoms with Gasteiger partial charge < -0.3 is 14.2 Å². The molecule has 0 saturated heterocycles. The molecule has 0 bridgehead atoms. The van der Waals surface area contributed by atoms with Crippen LogP contribution in [-0.2, 0) is 6.61 Å². The second kappa shape index (κ2) is 11.0. The minimum absolute atomic E-state index is 0.224. The SMILES string of the molecule is COc1cc(OC)cc(C(=O)NN=Cc2cc(Br)ccc2OCc2ccccc2C#N)c1. The van der Waals surface area contributed by atoms with Crippen molar-refractivity contribution in [2.24, 2.45) is 5.10 Å². The van der Waals surface area contributed by atoms with E-state index in [1.165, 1.54) is 20.4 Å². The summed E-state index contributed by atoms with van der Waals surface area (Å²) in [6.07, 6.45) is 1.49. The largest absolute Gasteiger partial charge is 0.497 e. The molecule has 1 N–H and O–H groups in total. The molecule has 0 heterocycles. The van der Waals surface area contributed by atoms with Gasteiger partial charge in [0.15, 0.2) is 0 Å². The van der Waals surface area contributed by atoms with E-state index in [0.29, 0.717) is 33.9 Å². The number of methoxy groups -OCH3 is 2. The average Bonchev–Trinajstić information content (AvgIpc) is 2.83. The zero-order valence-corrected chi connectivity index (χ0v) is 19.0. The molecular weight excluding hydrogens is 474 g/mol. The van der Waals surface area contributed by atoms with E-state index >= 15 is 0 Å². The average molecular weight is 494 g/mol. The van der Waals surface area contributed by atoms with Crippen molar-refractivity contribution in [2.75, 3.05) is 14.2 Å². The standard InChI is InChI=1S/C24H20BrN3O4/c1-30-21-10-18(11-22(12-21)31-2)24(29)28-27-14-19-9-20(25)7-8-23(19)32-15-17-6-4-3-5-16(17)13-26/h3-12,14H,15H2,1-2H3,(H,28,29). The number of hydrazone groups is 1. The number of carbonyl (C=O) groups is 1. The van der Waals surface area contributed by atoms with Crippen LogP contribution >= 0.6 is 15.9 Å². The van der Waals surface area contributed by atoms with Crippen molar-refractivity contribution < 1.29 is 19.0 Å². The highest BCUT2D eigenvalue weighted by Crippen LogP contribution is 2.24. The molecule has 0 aliphatic rings. The number of hydrogen-bond acceptors (Lipinski definition) is 6. The minimum Gasteiger partial charge on any atom is -0.497 e. The molecule has 1 amide bonds. The van der Waals surface area contributed by atoms with E-state index in [1.54, 1.807) is 36.4 Å². The normalized spacial score (nSPS) is 10.4. The van der Waals surface area contributed by atoms with E-state index in [0.717, 1.165) is 10.0 Å². The van der Waals surface area contributed by atoms with Crippen molar-refractivity contribution in [1.82, 2.24) is 5.43 Å². The van der Waals surface area contributed by atoms with Crippen molar-refractivity contribution >= 4 is 28.1 Å². The van der Waals surface area contributed by atoms with Gasteiger partial charge >= 0.3 is 0 Å². The quantitative estimate of drug-likeness (QED) is 0.363. The lowest BCUT2D eigenvalue weighted by molar-refractivity contribution is 0.0954. The lowest BCUT2D eigenvalue weighted by atomic mass is 10.1. The van der Waals surface area contributed by atoms with Gasteiger partial charge in [0, 0.05) is 27.2 Å². The van der Waals surface area contributed by atoms with Crippen LogP contribution in [0.25, 0.3) is 0 Å². The summed E-state index contributed by atoms with van der Waals surface area (Å²) in [6.45, 7) is 0.224. The lowest BCUT2D eigenvalue weighted by Gasteiger charge is -2.11. The van der Waals surface area contributed by atoms with Gasteiger partial charge in [-0.25, -0.2) is 5.43 Å². The fourth-order valence-corrected chi connectivity index (χ4v) is 3.20. The lowest BCUT2D eigenvalue weighted by Crippen LogP contribution is -2.17. The summed E-state index contributed by atoms with van der Waals surface area (Å²) in [5.41, 5.74) is 4.82. The van der Waals surface area contributed by atoms with E-state index in [4.69, 9.17) is 14.2 Å². The van der Waals surface area contributed by atoms with Crippen LogP contribution in [0.4, 0.5) is 0 Å². The number of ether oxygens (including phenoxy) is 3. The Bertz CT molecular complexity index is 1170. The third-order valence-corrected chi connectivity index (χ3v) is 4.97. The van der Waals surface area contributed by atoms with Crippen molar-refractivity contribution in [3.8, 4) is 23.3 Å². The maximum atomic E-state index is 12.5. The van der Waals surface area contributed by atoms with Crippen molar-refractivity contribution in [3.05, 3.63) is 87.4 Å². The minimum atomic E-state index is -0.418. The fourth-order valence-electron chi connectivity index (χ4n) is 2.83. The number of carbonyl (C=O) groups excluding carboxylic acids is 1. The number of nitriles is 1. The highest BCUT2D eigenvalue weighted by Gasteiger charge is 2.10. The molecule has 0 spiro atoms. The summed E-state index contributed by atoms with van der Waals surface area (Å²) >= 11 is 3.43. The third-order valence-electron chi connectivity index (χ3n) is 4.48. The summed E-state index contributed by atoms with van der Waals surface area (Å²) in [7, 11) is 3.02. The number of nitrogens with one attached hydrogen (secondary N) is 1. The van der Waals surface area contributed by atoms with Gasteiger partial charge in [0.25, 0.3) is 5.91 Å². The Hall–Kier alpha value is -3.83. The molecule has 3 rings (SSSR count). The molecule has 0 fully saturated rings. The predicted molar refractivity (Wildman–Crippen MR) is 124 cm³/mol. The molecule has 0 aromatic heterocycles. The monoisotopic (exact) mass is 493 g/mol. The summed E-state index contributed by atoms with van der Waals surface area (Å²) in [4.78, 5) is 12.5. The highest BCUT2D eigenvalue weighted by atomic mass is 79.9. The van der Waals surface area contributed by atoms with Gasteiger partial charge in [0.05, 0.1) is 32.1 Å². The van der Waals surface area contributed by atoms with Crippen LogP contribution in [0.15, 0.2) is 70.2 Å². The fraction of sp³-hybridized carbons (Fsp3) is 0.125. The first-order valence-electron chi connectivity index (χ1n) is 9.51. The summed E-state index contributed by atoms with van der Waals surface area (Å²) in [5.74, 6) is 1.14. The number of hydrogen-bond donors (Lipinski definition) is 1. The molecule has 3 aromatic rings. The number of benzene rings is 3. The van der Waals surface area contributed by atoms with Gasteiger partial charge in [-0.05, 0) is 36.4 Å². The maximum Gasteiger partial charge on any atom is 0.271 e. The summed E-state index contributed by atoms with van der Waals surface area (Å²) < 4.78 is 17.1. The Kier molecular flexibility index (Phi) is 7.84. The van der Waals surface area contributed by atoms with E-state index in [1.807, 2.05) is 24.3 Å². The first-order valence-corrected chi connectivity index (χ1v) is 10.3. The topological polar surface area (TPSA) is 92.9 Å². The molecule has 162 valence electrons. The van der Waals surface area contributed by atoms with E-state index in [-0.39, 0.29) is 6.61 Å². The Morgan fingerprint density at radius 2 is 1.81 bits per heavy atom. The van der Waals surface area contributed by atoms with Crippen LogP contribution < -0.4 is 19.6 Å². The zero-order chi connectivity index (χ0) is 22.9. The van der Waals surface area contributed by atoms with Gasteiger partial charge in [0.1, 0.15) is 23.9 Å². The van der Waals surface area contributed by atoms with Crippen molar-refractivity contribution in [2.45, 2.75) is 6.61 Å². The third kappa shape index (κ3) is 5.86. The van der Waals surface area contributed by atoms with Crippen LogP contribution in [-0.4, -0.2) is 26.3 Å². The zero-order valence-electron chi connectivity index (χ0n) is 17.5. The molecule has 0 radical (unpaired) electrons. The molecule has 0 saturated carbocycles. The van der Waals surface area contributed by atoms with Crippen molar-refractivity contribution in [3.63, 3.8) is 0 Å². The Balaban J connectivity index is 1.74. The van der Waals surface area contributed by atoms with E-state index < -0.39 is 5.91 Å². The van der Waals surface area contributed by atoms with Gasteiger partial charge in [-0.2, -0.15) is 10.4 Å². The Morgan fingerprint density at radius 1 is 1.09 bits per heavy atom. The van der Waals surface area contributed by atoms with Crippen LogP contribution in [0.3, 0.4) is 0 Å². The van der Waals surface area contributed by atoms with E-state index in [2.05, 4.69) is 32.5 Å². The van der Waals surface area contributed by atoms with Crippen LogP contribution in [0.5, 0.6) is 17.2 Å². The van der Waals surface area contributed by atoms with Crippen LogP contribution in [0.2, 0.25) is 0 Å². The number of halogens is 1. The first kappa shape index (κ1) is 22.8. The maximum absolute atomic E-state index is 12.5. The molecule has 0 atom stereocenters. The van der Waals surface area contributed by atoms with Gasteiger partial charge in [-0.15, -0.1) is 0 Å². The molecule has 8 heteroatoms. The first-order chi connectivity index (χ1) is 15.5. The molecular formula is C24H20BrN3O4. The van der Waals surface area contributed by atoms with Crippen LogP contribution in [0.1, 0.15) is 27.0 Å². The van der Waals surface area contributed by atoms with Gasteiger partial charge in [-0.1, -0.05) is 34.1 Å². The summed E-state index contributed by atoms with van der Waals surface area (Å²) in [6, 6.07) is 19.7. The van der Waals surface area contributed by atoms with Crippen LogP contribution in [0, 0.1) is 11.3 Å². The highest BCUT2D eigenvalue weighted by molar-refractivity contribution is 9.10. The predicted octanol–water partition coefficient (Wildman–Crippen LogP) is 4.68. The molecule has 7 nitrogen and oxygen atoms in total. The number of rotatable bonds is 8. The Labute approximate surface area is 194 Å². The number of amides is 1. The Morgan fingerprint density at radius 3 is 2.50 bits per heavy atom. The summed E-state index contributed by atoms with van der Waals surface area (Å²) in [5, 5.41) is 13.3. The number of nitrogens with zero attached hydrogens (tertiary/aromatic N) is 2. The second-order valence-corrected chi connectivity index (χ2v) is 7.46. The molecule has 32 heavy (non-hydrogen) atoms.